The van der Waals surface area contributed by atoms with E-state index in [9.17, 15) is 9.59 Å². The Bertz CT molecular complexity index is 463. The zero-order valence-electron chi connectivity index (χ0n) is 13.9. The molecule has 0 aliphatic rings. The van der Waals surface area contributed by atoms with E-state index in [4.69, 9.17) is 9.47 Å². The molecule has 4 heteroatoms. The second kappa shape index (κ2) is 12.7. The number of rotatable bonds is 9. The average Bonchev–Trinajstić information content (AvgIpc) is 2.46. The maximum Gasteiger partial charge on any atom is 0.303 e. The predicted octanol–water partition coefficient (Wildman–Crippen LogP) is 3.57. The summed E-state index contributed by atoms with van der Waals surface area (Å²) in [5.41, 5.74) is 1.39. The number of hydrogen-bond donors (Lipinski definition) is 0. The number of ether oxygens (including phenoxy) is 2. The van der Waals surface area contributed by atoms with Crippen LogP contribution in [0.5, 0.6) is 0 Å². The summed E-state index contributed by atoms with van der Waals surface area (Å²) in [6.45, 7) is 8.93. The van der Waals surface area contributed by atoms with Crippen LogP contribution in [-0.4, -0.2) is 25.2 Å². The Balaban J connectivity index is 4.59. The third-order valence-corrected chi connectivity index (χ3v) is 2.81. The molecule has 122 valence electrons. The highest BCUT2D eigenvalue weighted by Crippen LogP contribution is 2.11. The summed E-state index contributed by atoms with van der Waals surface area (Å²) in [6.07, 6.45) is 7.58. The number of allylic oxidation sites excluding steroid dienone is 1. The molecule has 0 heterocycles. The predicted molar refractivity (Wildman–Crippen MR) is 87.0 cm³/mol. The van der Waals surface area contributed by atoms with Crippen LogP contribution in [-0.2, 0) is 19.1 Å². The first-order valence-electron chi connectivity index (χ1n) is 7.61. The van der Waals surface area contributed by atoms with E-state index in [1.807, 2.05) is 6.08 Å². The van der Waals surface area contributed by atoms with E-state index in [1.165, 1.54) is 33.1 Å². The van der Waals surface area contributed by atoms with Gasteiger partial charge in [-0.2, -0.15) is 0 Å². The molecule has 0 aromatic rings. The van der Waals surface area contributed by atoms with Gasteiger partial charge in [0.25, 0.3) is 0 Å². The molecule has 0 aromatic heterocycles. The quantitative estimate of drug-likeness (QED) is 0.283. The summed E-state index contributed by atoms with van der Waals surface area (Å²) in [7, 11) is 0. The monoisotopic (exact) mass is 306 g/mol. The van der Waals surface area contributed by atoms with Crippen LogP contribution in [0, 0.1) is 11.8 Å². The molecule has 0 atom stereocenters. The summed E-state index contributed by atoms with van der Waals surface area (Å²) in [5.74, 6) is 4.99. The van der Waals surface area contributed by atoms with Gasteiger partial charge in [0.2, 0.25) is 0 Å². The first-order valence-corrected chi connectivity index (χ1v) is 7.61. The van der Waals surface area contributed by atoms with E-state index < -0.39 is 0 Å². The van der Waals surface area contributed by atoms with Crippen LogP contribution in [0.2, 0.25) is 0 Å². The van der Waals surface area contributed by atoms with Crippen LogP contribution in [0.25, 0.3) is 0 Å². The molecule has 0 bridgehead atoms. The SMILES string of the molecule is C=C(COC(C)=O)/C(C#CCOC(C)=O)=C\CCCCCC. The van der Waals surface area contributed by atoms with Crippen LogP contribution in [0.15, 0.2) is 23.8 Å². The van der Waals surface area contributed by atoms with Crippen molar-refractivity contribution < 1.29 is 19.1 Å². The normalized spacial score (nSPS) is 10.4. The number of esters is 2. The van der Waals surface area contributed by atoms with Gasteiger partial charge in [0.1, 0.15) is 6.61 Å². The third kappa shape index (κ3) is 11.8. The summed E-state index contributed by atoms with van der Waals surface area (Å²) >= 11 is 0. The molecule has 0 fully saturated rings. The highest BCUT2D eigenvalue weighted by atomic mass is 16.5. The lowest BCUT2D eigenvalue weighted by Crippen LogP contribution is -2.04. The lowest BCUT2D eigenvalue weighted by atomic mass is 10.1. The molecule has 0 saturated carbocycles. The molecule has 0 saturated heterocycles. The highest BCUT2D eigenvalue weighted by molar-refractivity contribution is 5.66. The Hall–Kier alpha value is -2.02. The Labute approximate surface area is 133 Å². The zero-order chi connectivity index (χ0) is 16.8. The molecule has 0 spiro atoms. The Kier molecular flexibility index (Phi) is 11.5. The lowest BCUT2D eigenvalue weighted by molar-refractivity contribution is -0.140. The van der Waals surface area contributed by atoms with Crippen molar-refractivity contribution >= 4 is 11.9 Å². The molecule has 0 radical (unpaired) electrons. The molecule has 0 aliphatic carbocycles. The van der Waals surface area contributed by atoms with Crippen molar-refractivity contribution in [2.24, 2.45) is 0 Å². The summed E-state index contributed by atoms with van der Waals surface area (Å²) in [4.78, 5) is 21.6. The molecular formula is C18H26O4. The molecule has 0 rings (SSSR count). The second-order valence-corrected chi connectivity index (χ2v) is 4.93. The van der Waals surface area contributed by atoms with Gasteiger partial charge in [0.05, 0.1) is 0 Å². The maximum atomic E-state index is 10.9. The van der Waals surface area contributed by atoms with Crippen molar-refractivity contribution in [2.75, 3.05) is 13.2 Å². The van der Waals surface area contributed by atoms with Gasteiger partial charge in [0.15, 0.2) is 6.61 Å². The number of unbranched alkanes of at least 4 members (excludes halogenated alkanes) is 4. The molecule has 0 unspecified atom stereocenters. The van der Waals surface area contributed by atoms with E-state index in [-0.39, 0.29) is 25.2 Å². The van der Waals surface area contributed by atoms with Crippen LogP contribution < -0.4 is 0 Å². The minimum absolute atomic E-state index is 0.0450. The van der Waals surface area contributed by atoms with Gasteiger partial charge in [-0.3, -0.25) is 9.59 Å². The van der Waals surface area contributed by atoms with E-state index in [0.717, 1.165) is 18.4 Å². The van der Waals surface area contributed by atoms with Crippen LogP contribution in [0.1, 0.15) is 52.9 Å². The molecule has 0 aromatic carbocycles. The van der Waals surface area contributed by atoms with E-state index in [1.54, 1.807) is 0 Å². The minimum atomic E-state index is -0.363. The van der Waals surface area contributed by atoms with E-state index >= 15 is 0 Å². The van der Waals surface area contributed by atoms with Gasteiger partial charge >= 0.3 is 11.9 Å². The Morgan fingerprint density at radius 1 is 1.09 bits per heavy atom. The molecule has 0 aliphatic heterocycles. The topological polar surface area (TPSA) is 52.6 Å². The fraction of sp³-hybridized carbons (Fsp3) is 0.556. The number of carbonyl (C=O) groups excluding carboxylic acids is 2. The van der Waals surface area contributed by atoms with Crippen LogP contribution in [0.3, 0.4) is 0 Å². The first kappa shape index (κ1) is 20.0. The van der Waals surface area contributed by atoms with Gasteiger partial charge in [0, 0.05) is 19.4 Å². The lowest BCUT2D eigenvalue weighted by Gasteiger charge is -2.06. The third-order valence-electron chi connectivity index (χ3n) is 2.81. The Morgan fingerprint density at radius 3 is 2.36 bits per heavy atom. The first-order chi connectivity index (χ1) is 10.5. The molecule has 0 N–H and O–H groups in total. The van der Waals surface area contributed by atoms with Crippen molar-refractivity contribution in [3.05, 3.63) is 23.8 Å². The fourth-order valence-corrected chi connectivity index (χ4v) is 1.64. The van der Waals surface area contributed by atoms with Gasteiger partial charge < -0.3 is 9.47 Å². The van der Waals surface area contributed by atoms with Gasteiger partial charge in [-0.1, -0.05) is 50.7 Å². The van der Waals surface area contributed by atoms with Crippen molar-refractivity contribution in [1.82, 2.24) is 0 Å². The average molecular weight is 306 g/mol. The van der Waals surface area contributed by atoms with Crippen molar-refractivity contribution in [1.29, 1.82) is 0 Å². The summed E-state index contributed by atoms with van der Waals surface area (Å²) in [5, 5.41) is 0. The molecular weight excluding hydrogens is 280 g/mol. The zero-order valence-corrected chi connectivity index (χ0v) is 13.9. The minimum Gasteiger partial charge on any atom is -0.461 e. The second-order valence-electron chi connectivity index (χ2n) is 4.93. The fourth-order valence-electron chi connectivity index (χ4n) is 1.64. The van der Waals surface area contributed by atoms with Gasteiger partial charge in [-0.05, 0) is 18.4 Å². The van der Waals surface area contributed by atoms with Crippen molar-refractivity contribution in [2.45, 2.75) is 52.9 Å². The van der Waals surface area contributed by atoms with Crippen LogP contribution in [0.4, 0.5) is 0 Å². The van der Waals surface area contributed by atoms with E-state index in [2.05, 4.69) is 25.3 Å². The summed E-state index contributed by atoms with van der Waals surface area (Å²) < 4.78 is 9.71. The largest absolute Gasteiger partial charge is 0.461 e. The summed E-state index contributed by atoms with van der Waals surface area (Å²) in [6, 6.07) is 0. The maximum absolute atomic E-state index is 10.9. The Morgan fingerprint density at radius 2 is 1.77 bits per heavy atom. The number of carbonyl (C=O) groups is 2. The molecule has 0 amide bonds. The highest BCUT2D eigenvalue weighted by Gasteiger charge is 2.02. The molecule has 22 heavy (non-hydrogen) atoms. The van der Waals surface area contributed by atoms with Crippen molar-refractivity contribution in [3.63, 3.8) is 0 Å². The van der Waals surface area contributed by atoms with E-state index in [0.29, 0.717) is 5.57 Å². The van der Waals surface area contributed by atoms with Crippen molar-refractivity contribution in [3.8, 4) is 11.8 Å². The molecule has 4 nitrogen and oxygen atoms in total. The standard InChI is InChI=1S/C18H26O4/c1-5-6-7-8-9-11-18(12-10-13-21-16(3)19)15(2)14-22-17(4)20/h11H,2,5-9,13-14H2,1,3-4H3/b18-11-. The van der Waals surface area contributed by atoms with Crippen LogP contribution >= 0.6 is 0 Å². The van der Waals surface area contributed by atoms with Gasteiger partial charge in [-0.15, -0.1) is 0 Å². The van der Waals surface area contributed by atoms with Gasteiger partial charge in [-0.25, -0.2) is 0 Å². The number of hydrogen-bond acceptors (Lipinski definition) is 4. The smallest absolute Gasteiger partial charge is 0.303 e.